The molecule has 2 heterocycles. The molecule has 0 aliphatic heterocycles. The number of carboxylic acids is 1. The van der Waals surface area contributed by atoms with E-state index in [9.17, 15) is 22.8 Å². The number of carbonyl (C=O) groups is 2. The van der Waals surface area contributed by atoms with Crippen molar-refractivity contribution in [3.05, 3.63) is 52.6 Å². The molecule has 1 atom stereocenters. The molecule has 0 aliphatic carbocycles. The van der Waals surface area contributed by atoms with E-state index in [4.69, 9.17) is 10.8 Å². The average molecular weight is 382 g/mol. The number of hydrogen-bond acceptors (Lipinski definition) is 6. The zero-order valence-electron chi connectivity index (χ0n) is 12.7. The van der Waals surface area contributed by atoms with Crippen LogP contribution in [0.3, 0.4) is 0 Å². The molecule has 1 unspecified atom stereocenters. The Labute approximate surface area is 147 Å². The number of fused-ring (bicyclic) bond motifs is 1. The summed E-state index contributed by atoms with van der Waals surface area (Å²) < 4.78 is 40.1. The number of carbonyl (C=O) groups excluding carboxylic acids is 1. The fraction of sp³-hybridized carbons (Fsp3) is 0.133. The van der Waals surface area contributed by atoms with Crippen molar-refractivity contribution in [3.8, 4) is 0 Å². The molecule has 0 fully saturated rings. The molecule has 0 radical (unpaired) electrons. The first-order chi connectivity index (χ1) is 12.2. The maximum absolute atomic E-state index is 13.1. The standard InChI is InChI=1S/C15H9F3N4O3S/c16-15(17,18)10-6(14(24)25)5-20-12(22-10)9(11(19)23)13-21-7-3-1-2-4-8(7)26-13/h1-5,9H,(H2,19,23)(H,24,25). The van der Waals surface area contributed by atoms with Crippen LogP contribution in [0.25, 0.3) is 10.2 Å². The molecule has 0 saturated heterocycles. The van der Waals surface area contributed by atoms with Gasteiger partial charge in [-0.3, -0.25) is 4.79 Å². The third-order valence-corrected chi connectivity index (χ3v) is 4.51. The van der Waals surface area contributed by atoms with Crippen LogP contribution in [0, 0.1) is 0 Å². The molecule has 0 bridgehead atoms. The minimum atomic E-state index is -5.04. The number of aromatic carboxylic acids is 1. The van der Waals surface area contributed by atoms with Crippen molar-refractivity contribution < 1.29 is 27.9 Å². The zero-order valence-corrected chi connectivity index (χ0v) is 13.5. The molecule has 3 rings (SSSR count). The summed E-state index contributed by atoms with van der Waals surface area (Å²) in [7, 11) is 0. The van der Waals surface area contributed by atoms with Crippen LogP contribution in [0.15, 0.2) is 30.5 Å². The second-order valence-electron chi connectivity index (χ2n) is 5.15. The van der Waals surface area contributed by atoms with Crippen molar-refractivity contribution in [2.24, 2.45) is 5.73 Å². The second-order valence-corrected chi connectivity index (χ2v) is 6.21. The van der Waals surface area contributed by atoms with Gasteiger partial charge in [0.25, 0.3) is 0 Å². The SMILES string of the molecule is NC(=O)C(c1ncc(C(=O)O)c(C(F)(F)F)n1)c1nc2ccccc2s1. The number of carboxylic acid groups (broad SMARTS) is 1. The van der Waals surface area contributed by atoms with E-state index in [2.05, 4.69) is 15.0 Å². The first-order valence-electron chi connectivity index (χ1n) is 7.00. The molecule has 1 aromatic carbocycles. The van der Waals surface area contributed by atoms with Crippen LogP contribution in [-0.4, -0.2) is 31.9 Å². The van der Waals surface area contributed by atoms with Crippen molar-refractivity contribution in [2.45, 2.75) is 12.1 Å². The summed E-state index contributed by atoms with van der Waals surface area (Å²) in [6.07, 6.45) is -4.53. The Kier molecular flexibility index (Phi) is 4.32. The Hall–Kier alpha value is -3.08. The van der Waals surface area contributed by atoms with Crippen molar-refractivity contribution in [3.63, 3.8) is 0 Å². The number of aromatic nitrogens is 3. The van der Waals surface area contributed by atoms with Gasteiger partial charge in [-0.05, 0) is 12.1 Å². The lowest BCUT2D eigenvalue weighted by Gasteiger charge is -2.13. The fourth-order valence-corrected chi connectivity index (χ4v) is 3.35. The molecule has 2 aromatic heterocycles. The fourth-order valence-electron chi connectivity index (χ4n) is 2.28. The van der Waals surface area contributed by atoms with Gasteiger partial charge in [-0.15, -0.1) is 11.3 Å². The Morgan fingerprint density at radius 3 is 2.46 bits per heavy atom. The van der Waals surface area contributed by atoms with Gasteiger partial charge in [-0.2, -0.15) is 13.2 Å². The highest BCUT2D eigenvalue weighted by Gasteiger charge is 2.39. The molecule has 3 N–H and O–H groups in total. The zero-order chi connectivity index (χ0) is 19.1. The van der Waals surface area contributed by atoms with Gasteiger partial charge in [0.15, 0.2) is 5.69 Å². The maximum atomic E-state index is 13.1. The summed E-state index contributed by atoms with van der Waals surface area (Å²) in [6.45, 7) is 0. The van der Waals surface area contributed by atoms with E-state index in [1.54, 1.807) is 24.3 Å². The minimum absolute atomic E-state index is 0.120. The highest BCUT2D eigenvalue weighted by Crippen LogP contribution is 2.34. The summed E-state index contributed by atoms with van der Waals surface area (Å²) >= 11 is 1.06. The summed E-state index contributed by atoms with van der Waals surface area (Å²) in [5.41, 5.74) is 3.10. The quantitative estimate of drug-likeness (QED) is 0.715. The number of thiazole rings is 1. The van der Waals surface area contributed by atoms with Crippen molar-refractivity contribution in [1.29, 1.82) is 0 Å². The predicted molar refractivity (Wildman–Crippen MR) is 84.7 cm³/mol. The molecule has 26 heavy (non-hydrogen) atoms. The predicted octanol–water partition coefficient (Wildman–Crippen LogP) is 2.42. The van der Waals surface area contributed by atoms with Gasteiger partial charge < -0.3 is 10.8 Å². The second kappa shape index (κ2) is 6.33. The number of nitrogens with two attached hydrogens (primary N) is 1. The van der Waals surface area contributed by atoms with Crippen LogP contribution >= 0.6 is 11.3 Å². The number of para-hydroxylation sites is 1. The van der Waals surface area contributed by atoms with Gasteiger partial charge in [-0.1, -0.05) is 12.1 Å². The van der Waals surface area contributed by atoms with Gasteiger partial charge >= 0.3 is 12.1 Å². The molecule has 3 aromatic rings. The Bertz CT molecular complexity index is 986. The van der Waals surface area contributed by atoms with Crippen LogP contribution < -0.4 is 5.73 Å². The number of alkyl halides is 3. The van der Waals surface area contributed by atoms with Gasteiger partial charge in [-0.25, -0.2) is 19.7 Å². The van der Waals surface area contributed by atoms with E-state index in [1.165, 1.54) is 0 Å². The summed E-state index contributed by atoms with van der Waals surface area (Å²) in [5.74, 6) is -4.83. The molecule has 1 amide bonds. The summed E-state index contributed by atoms with van der Waals surface area (Å²) in [5, 5.41) is 9.02. The third kappa shape index (κ3) is 3.20. The lowest BCUT2D eigenvalue weighted by Crippen LogP contribution is -2.26. The van der Waals surface area contributed by atoms with E-state index in [0.717, 1.165) is 11.3 Å². The normalized spacial score (nSPS) is 12.9. The number of halogens is 3. The molecular weight excluding hydrogens is 373 g/mol. The van der Waals surface area contributed by atoms with Crippen LogP contribution in [0.2, 0.25) is 0 Å². The highest BCUT2D eigenvalue weighted by molar-refractivity contribution is 7.18. The van der Waals surface area contributed by atoms with Crippen LogP contribution in [0.1, 0.15) is 32.8 Å². The van der Waals surface area contributed by atoms with Gasteiger partial charge in [0.1, 0.15) is 22.3 Å². The van der Waals surface area contributed by atoms with E-state index in [-0.39, 0.29) is 5.01 Å². The number of rotatable bonds is 4. The lowest BCUT2D eigenvalue weighted by atomic mass is 10.1. The highest BCUT2D eigenvalue weighted by atomic mass is 32.1. The summed E-state index contributed by atoms with van der Waals surface area (Å²) in [4.78, 5) is 34.0. The molecule has 0 saturated carbocycles. The molecule has 134 valence electrons. The van der Waals surface area contributed by atoms with Crippen LogP contribution in [0.4, 0.5) is 13.2 Å². The van der Waals surface area contributed by atoms with Gasteiger partial charge in [0.05, 0.1) is 10.2 Å². The Morgan fingerprint density at radius 2 is 1.88 bits per heavy atom. The Morgan fingerprint density at radius 1 is 1.19 bits per heavy atom. The number of amides is 1. The largest absolute Gasteiger partial charge is 0.478 e. The first-order valence-corrected chi connectivity index (χ1v) is 7.82. The van der Waals surface area contributed by atoms with Crippen LogP contribution in [-0.2, 0) is 11.0 Å². The van der Waals surface area contributed by atoms with Gasteiger partial charge in [0, 0.05) is 6.20 Å². The number of benzene rings is 1. The first kappa shape index (κ1) is 17.7. The molecule has 11 heteroatoms. The Balaban J connectivity index is 2.17. The number of primary amides is 1. The van der Waals surface area contributed by atoms with Crippen molar-refractivity contribution in [1.82, 2.24) is 15.0 Å². The minimum Gasteiger partial charge on any atom is -0.478 e. The molecule has 0 aliphatic rings. The van der Waals surface area contributed by atoms with Crippen LogP contribution in [0.5, 0.6) is 0 Å². The summed E-state index contributed by atoms with van der Waals surface area (Å²) in [6, 6.07) is 6.85. The third-order valence-electron chi connectivity index (χ3n) is 3.41. The maximum Gasteiger partial charge on any atom is 0.434 e. The topological polar surface area (TPSA) is 119 Å². The number of nitrogens with zero attached hydrogens (tertiary/aromatic N) is 3. The molecular formula is C15H9F3N4O3S. The van der Waals surface area contributed by atoms with Crippen molar-refractivity contribution >= 4 is 33.4 Å². The average Bonchev–Trinajstić information content (AvgIpc) is 2.96. The van der Waals surface area contributed by atoms with Crippen molar-refractivity contribution in [2.75, 3.05) is 0 Å². The molecule has 7 nitrogen and oxygen atoms in total. The monoisotopic (exact) mass is 382 g/mol. The van der Waals surface area contributed by atoms with E-state index < -0.39 is 41.1 Å². The van der Waals surface area contributed by atoms with Gasteiger partial charge in [0.2, 0.25) is 5.91 Å². The molecule has 0 spiro atoms. The van der Waals surface area contributed by atoms with E-state index >= 15 is 0 Å². The van der Waals surface area contributed by atoms with E-state index in [1.807, 2.05) is 0 Å². The smallest absolute Gasteiger partial charge is 0.434 e. The number of hydrogen-bond donors (Lipinski definition) is 2. The van der Waals surface area contributed by atoms with E-state index in [0.29, 0.717) is 16.4 Å². The lowest BCUT2D eigenvalue weighted by molar-refractivity contribution is -0.142.